The van der Waals surface area contributed by atoms with Crippen molar-refractivity contribution < 1.29 is 9.47 Å². The second-order valence-corrected chi connectivity index (χ2v) is 8.31. The summed E-state index contributed by atoms with van der Waals surface area (Å²) in [5.74, 6) is 1.71. The van der Waals surface area contributed by atoms with Crippen molar-refractivity contribution in [1.29, 1.82) is 0 Å². The topological polar surface area (TPSA) is 72.7 Å². The molecular weight excluding hydrogens is 414 g/mol. The second-order valence-electron chi connectivity index (χ2n) is 8.31. The van der Waals surface area contributed by atoms with Crippen LogP contribution in [0.4, 0.5) is 0 Å². The van der Waals surface area contributed by atoms with Crippen LogP contribution in [0.5, 0.6) is 5.75 Å². The maximum absolute atomic E-state index is 6.23. The Morgan fingerprint density at radius 1 is 1.18 bits per heavy atom. The first kappa shape index (κ1) is 22.9. The molecule has 1 fully saturated rings. The highest BCUT2D eigenvalue weighted by molar-refractivity contribution is 5.79. The van der Waals surface area contributed by atoms with Crippen LogP contribution in [-0.2, 0) is 24.4 Å². The van der Waals surface area contributed by atoms with E-state index in [1.54, 1.807) is 6.20 Å². The predicted molar refractivity (Wildman–Crippen MR) is 130 cm³/mol. The van der Waals surface area contributed by atoms with Crippen LogP contribution in [-0.4, -0.2) is 41.4 Å². The van der Waals surface area contributed by atoms with Gasteiger partial charge in [-0.1, -0.05) is 36.4 Å². The normalized spacial score (nSPS) is 16.1. The number of hydrogen-bond donors (Lipinski definition) is 2. The van der Waals surface area contributed by atoms with E-state index in [0.29, 0.717) is 19.7 Å². The number of aromatic nitrogens is 2. The lowest BCUT2D eigenvalue weighted by Crippen LogP contribution is -2.37. The molecule has 0 amide bonds. The third-order valence-corrected chi connectivity index (χ3v) is 5.56. The van der Waals surface area contributed by atoms with Gasteiger partial charge in [0.1, 0.15) is 11.9 Å². The molecule has 4 rings (SSSR count). The molecule has 1 aliphatic rings. The summed E-state index contributed by atoms with van der Waals surface area (Å²) >= 11 is 0. The molecule has 0 spiro atoms. The van der Waals surface area contributed by atoms with Crippen LogP contribution in [0.15, 0.2) is 66.2 Å². The number of benzene rings is 2. The lowest BCUT2D eigenvalue weighted by molar-refractivity contribution is 0.140. The van der Waals surface area contributed by atoms with E-state index < -0.39 is 0 Å². The van der Waals surface area contributed by atoms with Crippen LogP contribution in [0.25, 0.3) is 0 Å². The van der Waals surface area contributed by atoms with Crippen molar-refractivity contribution in [1.82, 2.24) is 20.2 Å². The molecule has 1 unspecified atom stereocenters. The Balaban J connectivity index is 1.36. The number of nitrogens with zero attached hydrogens (tertiary/aromatic N) is 3. The van der Waals surface area contributed by atoms with Gasteiger partial charge in [0.15, 0.2) is 5.96 Å². The van der Waals surface area contributed by atoms with Crippen LogP contribution in [0.1, 0.15) is 35.6 Å². The van der Waals surface area contributed by atoms with Crippen LogP contribution < -0.4 is 15.4 Å². The maximum Gasteiger partial charge on any atom is 0.191 e. The molecule has 0 aliphatic carbocycles. The zero-order valence-corrected chi connectivity index (χ0v) is 19.5. The van der Waals surface area contributed by atoms with Gasteiger partial charge >= 0.3 is 0 Å². The Morgan fingerprint density at radius 2 is 2.03 bits per heavy atom. The van der Waals surface area contributed by atoms with Crippen LogP contribution in [0, 0.1) is 6.92 Å². The van der Waals surface area contributed by atoms with E-state index in [0.717, 1.165) is 43.4 Å². The van der Waals surface area contributed by atoms with E-state index in [4.69, 9.17) is 14.5 Å². The Morgan fingerprint density at radius 3 is 2.76 bits per heavy atom. The summed E-state index contributed by atoms with van der Waals surface area (Å²) in [7, 11) is 0. The first-order chi connectivity index (χ1) is 16.2. The standard InChI is InChI=1S/C26H33N5O2/c1-3-28-26(29-15-21-5-7-22(8-6-21)17-31-12-11-27-19-31)30-16-23-9-4-20(2)14-25(23)33-24-10-13-32-18-24/h4-9,11-12,14,19,24H,3,10,13,15-18H2,1-2H3,(H2,28,29,30). The molecule has 33 heavy (non-hydrogen) atoms. The van der Waals surface area contributed by atoms with Gasteiger partial charge in [-0.05, 0) is 36.6 Å². The summed E-state index contributed by atoms with van der Waals surface area (Å²) < 4.78 is 13.7. The minimum atomic E-state index is 0.129. The molecule has 1 aromatic heterocycles. The van der Waals surface area contributed by atoms with E-state index in [2.05, 4.69) is 76.5 Å². The zero-order valence-electron chi connectivity index (χ0n) is 19.5. The van der Waals surface area contributed by atoms with E-state index in [9.17, 15) is 0 Å². The fourth-order valence-corrected chi connectivity index (χ4v) is 3.74. The molecule has 1 atom stereocenters. The number of rotatable bonds is 9. The van der Waals surface area contributed by atoms with Crippen molar-refractivity contribution in [3.8, 4) is 5.75 Å². The highest BCUT2D eigenvalue weighted by Crippen LogP contribution is 2.23. The van der Waals surface area contributed by atoms with E-state index in [1.165, 1.54) is 16.7 Å². The van der Waals surface area contributed by atoms with Crippen LogP contribution >= 0.6 is 0 Å². The van der Waals surface area contributed by atoms with Gasteiger partial charge in [0.2, 0.25) is 0 Å². The Labute approximate surface area is 195 Å². The van der Waals surface area contributed by atoms with Crippen molar-refractivity contribution in [2.24, 2.45) is 4.99 Å². The first-order valence-electron chi connectivity index (χ1n) is 11.6. The highest BCUT2D eigenvalue weighted by atomic mass is 16.5. The lowest BCUT2D eigenvalue weighted by Gasteiger charge is -2.18. The van der Waals surface area contributed by atoms with Crippen LogP contribution in [0.2, 0.25) is 0 Å². The summed E-state index contributed by atoms with van der Waals surface area (Å²) in [6.07, 6.45) is 6.67. The van der Waals surface area contributed by atoms with Gasteiger partial charge in [0, 0.05) is 44.0 Å². The number of guanidine groups is 1. The average molecular weight is 448 g/mol. The molecule has 0 saturated carbocycles. The minimum absolute atomic E-state index is 0.129. The largest absolute Gasteiger partial charge is 0.488 e. The van der Waals surface area contributed by atoms with Gasteiger partial charge < -0.3 is 24.7 Å². The van der Waals surface area contributed by atoms with E-state index in [-0.39, 0.29) is 6.10 Å². The SMILES string of the molecule is CCNC(=NCc1ccc(Cn2ccnc2)cc1)NCc1ccc(C)cc1OC1CCOC1. The van der Waals surface area contributed by atoms with Crippen molar-refractivity contribution in [2.45, 2.75) is 46.0 Å². The molecule has 2 aromatic carbocycles. The van der Waals surface area contributed by atoms with E-state index in [1.807, 2.05) is 12.5 Å². The Hall–Kier alpha value is -3.32. The summed E-state index contributed by atoms with van der Waals surface area (Å²) in [5, 5.41) is 6.79. The molecule has 0 radical (unpaired) electrons. The fourth-order valence-electron chi connectivity index (χ4n) is 3.74. The van der Waals surface area contributed by atoms with Gasteiger partial charge in [-0.15, -0.1) is 0 Å². The van der Waals surface area contributed by atoms with E-state index >= 15 is 0 Å². The fraction of sp³-hybridized carbons (Fsp3) is 0.385. The number of imidazole rings is 1. The monoisotopic (exact) mass is 447 g/mol. The third-order valence-electron chi connectivity index (χ3n) is 5.56. The predicted octanol–water partition coefficient (Wildman–Crippen LogP) is 3.66. The van der Waals surface area contributed by atoms with Gasteiger partial charge in [-0.2, -0.15) is 0 Å². The number of aliphatic imine (C=N–C) groups is 1. The van der Waals surface area contributed by atoms with Crippen molar-refractivity contribution in [3.63, 3.8) is 0 Å². The van der Waals surface area contributed by atoms with Crippen molar-refractivity contribution >= 4 is 5.96 Å². The summed E-state index contributed by atoms with van der Waals surface area (Å²) in [4.78, 5) is 8.87. The Kier molecular flexibility index (Phi) is 7.98. The lowest BCUT2D eigenvalue weighted by atomic mass is 10.1. The molecule has 7 heteroatoms. The van der Waals surface area contributed by atoms with Crippen molar-refractivity contribution in [2.75, 3.05) is 19.8 Å². The minimum Gasteiger partial charge on any atom is -0.488 e. The average Bonchev–Trinajstić information content (AvgIpc) is 3.52. The zero-order chi connectivity index (χ0) is 22.9. The van der Waals surface area contributed by atoms with Gasteiger partial charge in [0.05, 0.1) is 26.1 Å². The molecule has 1 saturated heterocycles. The van der Waals surface area contributed by atoms with Crippen molar-refractivity contribution in [3.05, 3.63) is 83.4 Å². The quantitative estimate of drug-likeness (QED) is 0.387. The number of ether oxygens (including phenoxy) is 2. The highest BCUT2D eigenvalue weighted by Gasteiger charge is 2.18. The molecule has 2 heterocycles. The molecule has 0 bridgehead atoms. The van der Waals surface area contributed by atoms with Gasteiger partial charge in [-0.25, -0.2) is 9.98 Å². The summed E-state index contributed by atoms with van der Waals surface area (Å²) in [6.45, 7) is 8.45. The third kappa shape index (κ3) is 6.83. The molecular formula is C26H33N5O2. The summed E-state index contributed by atoms with van der Waals surface area (Å²) in [6, 6.07) is 14.9. The molecule has 1 aliphatic heterocycles. The van der Waals surface area contributed by atoms with Crippen LogP contribution in [0.3, 0.4) is 0 Å². The maximum atomic E-state index is 6.23. The van der Waals surface area contributed by atoms with Gasteiger partial charge in [-0.3, -0.25) is 0 Å². The van der Waals surface area contributed by atoms with Gasteiger partial charge in [0.25, 0.3) is 0 Å². The molecule has 7 nitrogen and oxygen atoms in total. The number of nitrogens with one attached hydrogen (secondary N) is 2. The molecule has 174 valence electrons. The first-order valence-corrected chi connectivity index (χ1v) is 11.6. The summed E-state index contributed by atoms with van der Waals surface area (Å²) in [5.41, 5.74) is 4.71. The Bertz CT molecular complexity index is 1030. The number of hydrogen-bond acceptors (Lipinski definition) is 4. The number of aryl methyl sites for hydroxylation is 1. The molecule has 3 aromatic rings. The second kappa shape index (κ2) is 11.5. The smallest absolute Gasteiger partial charge is 0.191 e. The molecule has 2 N–H and O–H groups in total.